The molecule has 0 saturated carbocycles. The topological polar surface area (TPSA) is 35.5 Å². The SMILES string of the molecule is O=C(C=Cc1ccc(F)cc1)c1ccc2c(c1)OCCCCO2. The number of benzene rings is 2. The Hall–Kier alpha value is -2.62. The summed E-state index contributed by atoms with van der Waals surface area (Å²) in [7, 11) is 0. The summed E-state index contributed by atoms with van der Waals surface area (Å²) in [5.41, 5.74) is 1.30. The van der Waals surface area contributed by atoms with E-state index >= 15 is 0 Å². The predicted octanol–water partition coefficient (Wildman–Crippen LogP) is 4.27. The molecule has 118 valence electrons. The molecule has 0 amide bonds. The number of hydrogen-bond acceptors (Lipinski definition) is 3. The summed E-state index contributed by atoms with van der Waals surface area (Å²) in [4.78, 5) is 12.3. The van der Waals surface area contributed by atoms with Crippen LogP contribution in [-0.4, -0.2) is 19.0 Å². The third kappa shape index (κ3) is 3.97. The minimum Gasteiger partial charge on any atom is -0.490 e. The van der Waals surface area contributed by atoms with E-state index in [0.717, 1.165) is 18.4 Å². The van der Waals surface area contributed by atoms with E-state index in [1.54, 1.807) is 36.4 Å². The fourth-order valence-corrected chi connectivity index (χ4v) is 2.30. The lowest BCUT2D eigenvalue weighted by Crippen LogP contribution is -2.09. The van der Waals surface area contributed by atoms with Crippen molar-refractivity contribution < 1.29 is 18.7 Å². The fourth-order valence-electron chi connectivity index (χ4n) is 2.30. The molecule has 3 nitrogen and oxygen atoms in total. The Morgan fingerprint density at radius 1 is 0.957 bits per heavy atom. The summed E-state index contributed by atoms with van der Waals surface area (Å²) < 4.78 is 24.1. The Balaban J connectivity index is 1.76. The Kier molecular flexibility index (Phi) is 4.71. The van der Waals surface area contributed by atoms with Crippen molar-refractivity contribution in [3.05, 3.63) is 65.5 Å². The van der Waals surface area contributed by atoms with Gasteiger partial charge in [-0.15, -0.1) is 0 Å². The molecule has 1 aliphatic rings. The summed E-state index contributed by atoms with van der Waals surface area (Å²) in [5.74, 6) is 0.838. The summed E-state index contributed by atoms with van der Waals surface area (Å²) in [5, 5.41) is 0. The van der Waals surface area contributed by atoms with Gasteiger partial charge in [0.1, 0.15) is 5.82 Å². The van der Waals surface area contributed by atoms with Crippen molar-refractivity contribution in [2.24, 2.45) is 0 Å². The Labute approximate surface area is 134 Å². The number of carbonyl (C=O) groups is 1. The second-order valence-electron chi connectivity index (χ2n) is 5.31. The molecule has 0 saturated heterocycles. The van der Waals surface area contributed by atoms with Crippen LogP contribution in [-0.2, 0) is 0 Å². The highest BCUT2D eigenvalue weighted by molar-refractivity contribution is 6.07. The van der Waals surface area contributed by atoms with Crippen molar-refractivity contribution >= 4 is 11.9 Å². The van der Waals surface area contributed by atoms with Crippen LogP contribution in [0.15, 0.2) is 48.5 Å². The van der Waals surface area contributed by atoms with E-state index in [1.807, 2.05) is 0 Å². The quantitative estimate of drug-likeness (QED) is 0.627. The zero-order valence-electron chi connectivity index (χ0n) is 12.6. The molecule has 4 heteroatoms. The minimum atomic E-state index is -0.299. The van der Waals surface area contributed by atoms with Crippen LogP contribution < -0.4 is 9.47 Å². The van der Waals surface area contributed by atoms with Crippen molar-refractivity contribution in [1.29, 1.82) is 0 Å². The first kappa shape index (κ1) is 15.3. The van der Waals surface area contributed by atoms with Crippen LogP contribution >= 0.6 is 0 Å². The second-order valence-corrected chi connectivity index (χ2v) is 5.31. The lowest BCUT2D eigenvalue weighted by atomic mass is 10.1. The highest BCUT2D eigenvalue weighted by Gasteiger charge is 2.12. The van der Waals surface area contributed by atoms with Crippen molar-refractivity contribution in [1.82, 2.24) is 0 Å². The number of halogens is 1. The minimum absolute atomic E-state index is 0.136. The lowest BCUT2D eigenvalue weighted by Gasteiger charge is -2.16. The molecule has 0 N–H and O–H groups in total. The standard InChI is InChI=1S/C19H17FO3/c20-16-7-3-14(4-8-16)5-9-17(21)15-6-10-18-19(13-15)23-12-2-1-11-22-18/h3-10,13H,1-2,11-12H2. The lowest BCUT2D eigenvalue weighted by molar-refractivity contribution is 0.104. The number of fused-ring (bicyclic) bond motifs is 1. The maximum absolute atomic E-state index is 12.9. The highest BCUT2D eigenvalue weighted by atomic mass is 19.1. The fraction of sp³-hybridized carbons (Fsp3) is 0.211. The van der Waals surface area contributed by atoms with E-state index in [4.69, 9.17) is 9.47 Å². The smallest absolute Gasteiger partial charge is 0.185 e. The van der Waals surface area contributed by atoms with Gasteiger partial charge in [-0.05, 0) is 54.8 Å². The molecule has 2 aromatic rings. The molecular formula is C19H17FO3. The Morgan fingerprint density at radius 3 is 2.39 bits per heavy atom. The normalized spacial score (nSPS) is 14.3. The molecule has 0 fully saturated rings. The molecule has 0 bridgehead atoms. The second kappa shape index (κ2) is 7.09. The van der Waals surface area contributed by atoms with Crippen LogP contribution in [0.1, 0.15) is 28.8 Å². The van der Waals surface area contributed by atoms with Gasteiger partial charge in [-0.2, -0.15) is 0 Å². The molecule has 0 atom stereocenters. The molecule has 0 unspecified atom stereocenters. The monoisotopic (exact) mass is 312 g/mol. The molecule has 0 aromatic heterocycles. The third-order valence-corrected chi connectivity index (χ3v) is 3.58. The first-order chi connectivity index (χ1) is 11.2. The largest absolute Gasteiger partial charge is 0.490 e. The van der Waals surface area contributed by atoms with Gasteiger partial charge in [-0.25, -0.2) is 4.39 Å². The molecule has 1 aliphatic heterocycles. The predicted molar refractivity (Wildman–Crippen MR) is 86.4 cm³/mol. The van der Waals surface area contributed by atoms with E-state index < -0.39 is 0 Å². The Morgan fingerprint density at radius 2 is 1.65 bits per heavy atom. The van der Waals surface area contributed by atoms with Gasteiger partial charge in [0.05, 0.1) is 13.2 Å². The first-order valence-electron chi connectivity index (χ1n) is 7.60. The van der Waals surface area contributed by atoms with E-state index in [0.29, 0.717) is 30.3 Å². The van der Waals surface area contributed by atoms with Gasteiger partial charge in [-0.3, -0.25) is 4.79 Å². The van der Waals surface area contributed by atoms with Crippen LogP contribution in [0.3, 0.4) is 0 Å². The average Bonchev–Trinajstić information content (AvgIpc) is 2.54. The van der Waals surface area contributed by atoms with Crippen LogP contribution in [0.5, 0.6) is 11.5 Å². The molecular weight excluding hydrogens is 295 g/mol. The van der Waals surface area contributed by atoms with E-state index in [9.17, 15) is 9.18 Å². The van der Waals surface area contributed by atoms with Crippen molar-refractivity contribution in [3.8, 4) is 11.5 Å². The van der Waals surface area contributed by atoms with Gasteiger partial charge in [0.2, 0.25) is 0 Å². The molecule has 23 heavy (non-hydrogen) atoms. The van der Waals surface area contributed by atoms with Crippen molar-refractivity contribution in [2.75, 3.05) is 13.2 Å². The van der Waals surface area contributed by atoms with Crippen molar-refractivity contribution in [3.63, 3.8) is 0 Å². The molecule has 0 spiro atoms. The van der Waals surface area contributed by atoms with Crippen LogP contribution in [0.4, 0.5) is 4.39 Å². The van der Waals surface area contributed by atoms with Gasteiger partial charge in [-0.1, -0.05) is 18.2 Å². The summed E-state index contributed by atoms with van der Waals surface area (Å²) in [6.45, 7) is 1.29. The van der Waals surface area contributed by atoms with Gasteiger partial charge < -0.3 is 9.47 Å². The van der Waals surface area contributed by atoms with Crippen molar-refractivity contribution in [2.45, 2.75) is 12.8 Å². The van der Waals surface area contributed by atoms with Crippen LogP contribution in [0.2, 0.25) is 0 Å². The number of carbonyl (C=O) groups excluding carboxylic acids is 1. The average molecular weight is 312 g/mol. The third-order valence-electron chi connectivity index (χ3n) is 3.58. The summed E-state index contributed by atoms with van der Waals surface area (Å²) in [6.07, 6.45) is 5.02. The number of hydrogen-bond donors (Lipinski definition) is 0. The number of rotatable bonds is 3. The number of ether oxygens (including phenoxy) is 2. The van der Waals surface area contributed by atoms with Crippen LogP contribution in [0.25, 0.3) is 6.08 Å². The first-order valence-corrected chi connectivity index (χ1v) is 7.60. The van der Waals surface area contributed by atoms with Gasteiger partial charge in [0, 0.05) is 5.56 Å². The molecule has 2 aromatic carbocycles. The summed E-state index contributed by atoms with van der Waals surface area (Å²) >= 11 is 0. The van der Waals surface area contributed by atoms with Gasteiger partial charge in [0.15, 0.2) is 17.3 Å². The van der Waals surface area contributed by atoms with Gasteiger partial charge >= 0.3 is 0 Å². The van der Waals surface area contributed by atoms with E-state index in [-0.39, 0.29) is 11.6 Å². The number of allylic oxidation sites excluding steroid dienone is 1. The molecule has 1 heterocycles. The van der Waals surface area contributed by atoms with E-state index in [2.05, 4.69) is 0 Å². The van der Waals surface area contributed by atoms with E-state index in [1.165, 1.54) is 18.2 Å². The number of ketones is 1. The maximum Gasteiger partial charge on any atom is 0.185 e. The molecule has 0 aliphatic carbocycles. The zero-order valence-corrected chi connectivity index (χ0v) is 12.6. The summed E-state index contributed by atoms with van der Waals surface area (Å²) in [6, 6.07) is 11.2. The van der Waals surface area contributed by atoms with Crippen LogP contribution in [0, 0.1) is 5.82 Å². The highest BCUT2D eigenvalue weighted by Crippen LogP contribution is 2.30. The zero-order chi connectivity index (χ0) is 16.1. The molecule has 3 rings (SSSR count). The maximum atomic E-state index is 12.9. The molecule has 0 radical (unpaired) electrons. The Bertz CT molecular complexity index is 720. The van der Waals surface area contributed by atoms with Gasteiger partial charge in [0.25, 0.3) is 0 Å².